The molecule has 0 aliphatic rings. The van der Waals surface area contributed by atoms with Gasteiger partial charge in [-0.3, -0.25) is 4.79 Å². The van der Waals surface area contributed by atoms with Gasteiger partial charge in [-0.25, -0.2) is 4.98 Å². The van der Waals surface area contributed by atoms with Gasteiger partial charge in [-0.1, -0.05) is 0 Å². The average Bonchev–Trinajstić information content (AvgIpc) is 2.65. The molecule has 0 aliphatic carbocycles. The van der Waals surface area contributed by atoms with E-state index in [-0.39, 0.29) is 18.6 Å². The minimum Gasteiger partial charge on any atom is -0.383 e. The van der Waals surface area contributed by atoms with E-state index in [1.165, 1.54) is 7.11 Å². The van der Waals surface area contributed by atoms with Crippen molar-refractivity contribution >= 4 is 17.2 Å². The lowest BCUT2D eigenvalue weighted by Crippen LogP contribution is -2.44. The summed E-state index contributed by atoms with van der Waals surface area (Å²) in [7, 11) is 1.51. The van der Waals surface area contributed by atoms with Crippen molar-refractivity contribution in [3.63, 3.8) is 0 Å². The van der Waals surface area contributed by atoms with Crippen LogP contribution in [0.25, 0.3) is 0 Å². The molecule has 1 rings (SSSR count). The van der Waals surface area contributed by atoms with Crippen LogP contribution in [0.5, 0.6) is 0 Å². The van der Waals surface area contributed by atoms with Gasteiger partial charge in [0, 0.05) is 18.2 Å². The molecule has 3 N–H and O–H groups in total. The Hall–Kier alpha value is -0.980. The first-order chi connectivity index (χ1) is 7.54. The zero-order valence-corrected chi connectivity index (χ0v) is 10.5. The summed E-state index contributed by atoms with van der Waals surface area (Å²) in [5, 5.41) is 3.68. The second kappa shape index (κ2) is 5.93. The van der Waals surface area contributed by atoms with Gasteiger partial charge < -0.3 is 15.8 Å². The zero-order valence-electron chi connectivity index (χ0n) is 9.69. The summed E-state index contributed by atoms with van der Waals surface area (Å²) in [6.45, 7) is 4.08. The molecule has 0 radical (unpaired) electrons. The monoisotopic (exact) mass is 243 g/mol. The summed E-state index contributed by atoms with van der Waals surface area (Å²) in [5.74, 6) is -0.220. The van der Waals surface area contributed by atoms with Crippen LogP contribution in [0.15, 0.2) is 6.20 Å². The van der Waals surface area contributed by atoms with Crippen LogP contribution >= 0.6 is 11.3 Å². The van der Waals surface area contributed by atoms with Gasteiger partial charge in [0.2, 0.25) is 5.91 Å². The molecule has 0 aromatic carbocycles. The molecule has 0 aliphatic heterocycles. The fourth-order valence-corrected chi connectivity index (χ4v) is 1.99. The Morgan fingerprint density at radius 1 is 1.75 bits per heavy atom. The van der Waals surface area contributed by atoms with E-state index in [9.17, 15) is 4.79 Å². The van der Waals surface area contributed by atoms with Gasteiger partial charge in [-0.05, 0) is 13.8 Å². The van der Waals surface area contributed by atoms with Crippen molar-refractivity contribution in [2.75, 3.05) is 13.7 Å². The van der Waals surface area contributed by atoms with Crippen LogP contribution in [0.2, 0.25) is 0 Å². The maximum absolute atomic E-state index is 11.6. The molecule has 1 heterocycles. The third-order valence-corrected chi connectivity index (χ3v) is 3.15. The van der Waals surface area contributed by atoms with E-state index < -0.39 is 6.04 Å². The molecule has 0 fully saturated rings. The molecule has 16 heavy (non-hydrogen) atoms. The summed E-state index contributed by atoms with van der Waals surface area (Å²) in [6.07, 6.45) is 1.79. The molecule has 6 heteroatoms. The minimum atomic E-state index is -0.631. The van der Waals surface area contributed by atoms with Crippen molar-refractivity contribution in [3.05, 3.63) is 16.1 Å². The molecular formula is C10H17N3O2S. The van der Waals surface area contributed by atoms with Gasteiger partial charge in [-0.15, -0.1) is 11.3 Å². The number of nitrogens with zero attached hydrogens (tertiary/aromatic N) is 1. The first-order valence-electron chi connectivity index (χ1n) is 5.01. The molecule has 2 unspecified atom stereocenters. The van der Waals surface area contributed by atoms with Gasteiger partial charge in [0.1, 0.15) is 11.0 Å². The first-order valence-corrected chi connectivity index (χ1v) is 5.83. The molecular weight excluding hydrogens is 226 g/mol. The van der Waals surface area contributed by atoms with Crippen LogP contribution in [-0.2, 0) is 9.53 Å². The van der Waals surface area contributed by atoms with Gasteiger partial charge >= 0.3 is 0 Å². The molecule has 0 saturated heterocycles. The molecule has 1 amide bonds. The normalized spacial score (nSPS) is 14.5. The number of thiazole rings is 1. The third kappa shape index (κ3) is 3.55. The highest BCUT2D eigenvalue weighted by Gasteiger charge is 2.17. The number of hydrogen-bond acceptors (Lipinski definition) is 5. The van der Waals surface area contributed by atoms with Crippen molar-refractivity contribution in [1.29, 1.82) is 0 Å². The fraction of sp³-hybridized carbons (Fsp3) is 0.600. The average molecular weight is 243 g/mol. The quantitative estimate of drug-likeness (QED) is 0.794. The second-order valence-corrected chi connectivity index (χ2v) is 4.87. The number of ether oxygens (including phenoxy) is 1. The van der Waals surface area contributed by atoms with Gasteiger partial charge in [0.25, 0.3) is 0 Å². The van der Waals surface area contributed by atoms with Gasteiger partial charge in [-0.2, -0.15) is 0 Å². The van der Waals surface area contributed by atoms with Crippen molar-refractivity contribution in [3.8, 4) is 0 Å². The second-order valence-electron chi connectivity index (χ2n) is 3.60. The zero-order chi connectivity index (χ0) is 12.1. The molecule has 1 aromatic heterocycles. The number of aryl methyl sites for hydroxylation is 1. The molecule has 0 spiro atoms. The lowest BCUT2D eigenvalue weighted by atomic mass is 10.2. The summed E-state index contributed by atoms with van der Waals surface area (Å²) in [4.78, 5) is 16.9. The van der Waals surface area contributed by atoms with E-state index in [4.69, 9.17) is 10.5 Å². The molecule has 0 saturated carbocycles. The molecule has 2 atom stereocenters. The van der Waals surface area contributed by atoms with Crippen molar-refractivity contribution in [2.24, 2.45) is 5.73 Å². The summed E-state index contributed by atoms with van der Waals surface area (Å²) >= 11 is 1.56. The van der Waals surface area contributed by atoms with Crippen LogP contribution in [0, 0.1) is 6.92 Å². The van der Waals surface area contributed by atoms with Crippen LogP contribution in [0.4, 0.5) is 0 Å². The topological polar surface area (TPSA) is 77.2 Å². The van der Waals surface area contributed by atoms with Crippen LogP contribution < -0.4 is 11.1 Å². The fourth-order valence-electron chi connectivity index (χ4n) is 1.21. The number of nitrogens with one attached hydrogen (secondary N) is 1. The van der Waals surface area contributed by atoms with Crippen LogP contribution in [0.3, 0.4) is 0 Å². The maximum Gasteiger partial charge on any atom is 0.239 e. The number of hydrogen-bond donors (Lipinski definition) is 2. The largest absolute Gasteiger partial charge is 0.383 e. The smallest absolute Gasteiger partial charge is 0.239 e. The van der Waals surface area contributed by atoms with Crippen LogP contribution in [0.1, 0.15) is 22.9 Å². The minimum absolute atomic E-state index is 0.117. The first kappa shape index (κ1) is 13.1. The number of amides is 1. The third-order valence-electron chi connectivity index (χ3n) is 2.05. The molecule has 0 bridgehead atoms. The number of rotatable bonds is 5. The summed E-state index contributed by atoms with van der Waals surface area (Å²) in [6, 6.07) is -0.748. The van der Waals surface area contributed by atoms with Gasteiger partial charge in [0.15, 0.2) is 0 Å². The number of nitrogens with two attached hydrogens (primary N) is 1. The lowest BCUT2D eigenvalue weighted by Gasteiger charge is -2.15. The maximum atomic E-state index is 11.6. The summed E-state index contributed by atoms with van der Waals surface area (Å²) in [5.41, 5.74) is 5.61. The highest BCUT2D eigenvalue weighted by molar-refractivity contribution is 7.11. The van der Waals surface area contributed by atoms with E-state index in [2.05, 4.69) is 10.3 Å². The highest BCUT2D eigenvalue weighted by atomic mass is 32.1. The molecule has 5 nitrogen and oxygen atoms in total. The van der Waals surface area contributed by atoms with E-state index in [1.54, 1.807) is 17.5 Å². The van der Waals surface area contributed by atoms with Crippen molar-refractivity contribution in [2.45, 2.75) is 25.9 Å². The Morgan fingerprint density at radius 3 is 2.94 bits per heavy atom. The van der Waals surface area contributed by atoms with E-state index in [0.29, 0.717) is 0 Å². The van der Waals surface area contributed by atoms with E-state index >= 15 is 0 Å². The van der Waals surface area contributed by atoms with Crippen molar-refractivity contribution in [1.82, 2.24) is 10.3 Å². The number of carbonyl (C=O) groups is 1. The highest BCUT2D eigenvalue weighted by Crippen LogP contribution is 2.18. The predicted octanol–water partition coefficient (Wildman–Crippen LogP) is 0.602. The SMILES string of the molecule is COCC(N)C(=O)NC(C)c1ncc(C)s1. The summed E-state index contributed by atoms with van der Waals surface area (Å²) < 4.78 is 4.82. The van der Waals surface area contributed by atoms with Gasteiger partial charge in [0.05, 0.1) is 12.6 Å². The van der Waals surface area contributed by atoms with Crippen molar-refractivity contribution < 1.29 is 9.53 Å². The Labute approximate surface area is 99.0 Å². The van der Waals surface area contributed by atoms with E-state index in [0.717, 1.165) is 9.88 Å². The number of aromatic nitrogens is 1. The number of methoxy groups -OCH3 is 1. The Morgan fingerprint density at radius 2 is 2.44 bits per heavy atom. The Balaban J connectivity index is 2.51. The predicted molar refractivity (Wildman–Crippen MR) is 63.3 cm³/mol. The lowest BCUT2D eigenvalue weighted by molar-refractivity contribution is -0.124. The molecule has 90 valence electrons. The van der Waals surface area contributed by atoms with E-state index in [1.807, 2.05) is 13.8 Å². The Kier molecular flexibility index (Phi) is 4.85. The molecule has 1 aromatic rings. The standard InChI is InChI=1S/C10H17N3O2S/c1-6-4-12-10(16-6)7(2)13-9(14)8(11)5-15-3/h4,7-8H,5,11H2,1-3H3,(H,13,14). The number of carbonyl (C=O) groups excluding carboxylic acids is 1. The Bertz CT molecular complexity index is 354. The van der Waals surface area contributed by atoms with Crippen LogP contribution in [-0.4, -0.2) is 30.6 Å².